The standard InChI is InChI=1S/C7H10N2.C2H6/c8-5-6-3-1-2-4-7(6)9;1-2/h1-4,9H2;1-2H3. The second-order valence-corrected chi connectivity index (χ2v) is 2.32. The number of hydrogen-bond donors (Lipinski definition) is 1. The summed E-state index contributed by atoms with van der Waals surface area (Å²) in [5.74, 6) is 0. The van der Waals surface area contributed by atoms with Crippen molar-refractivity contribution in [3.8, 4) is 6.07 Å². The molecule has 0 saturated heterocycles. The van der Waals surface area contributed by atoms with Gasteiger partial charge in [0, 0.05) is 11.3 Å². The Morgan fingerprint density at radius 2 is 1.82 bits per heavy atom. The first-order valence-electron chi connectivity index (χ1n) is 4.22. The molecule has 11 heavy (non-hydrogen) atoms. The minimum atomic E-state index is 0.807. The van der Waals surface area contributed by atoms with Gasteiger partial charge in [-0.3, -0.25) is 0 Å². The lowest BCUT2D eigenvalue weighted by Gasteiger charge is -2.10. The molecule has 0 aliphatic heterocycles. The van der Waals surface area contributed by atoms with Gasteiger partial charge in [-0.15, -0.1) is 0 Å². The second-order valence-electron chi connectivity index (χ2n) is 2.32. The lowest BCUT2D eigenvalue weighted by Crippen LogP contribution is -2.06. The van der Waals surface area contributed by atoms with Crippen molar-refractivity contribution in [3.05, 3.63) is 11.3 Å². The Morgan fingerprint density at radius 3 is 2.18 bits per heavy atom. The SMILES string of the molecule is CC.N#CC1=C(N)CCCC1. The quantitative estimate of drug-likeness (QED) is 0.579. The Labute approximate surface area is 68.7 Å². The van der Waals surface area contributed by atoms with Gasteiger partial charge in [-0.1, -0.05) is 13.8 Å². The van der Waals surface area contributed by atoms with Crippen molar-refractivity contribution < 1.29 is 0 Å². The van der Waals surface area contributed by atoms with Crippen LogP contribution < -0.4 is 5.73 Å². The van der Waals surface area contributed by atoms with E-state index in [0.717, 1.165) is 37.0 Å². The Hall–Kier alpha value is -0.970. The fourth-order valence-electron chi connectivity index (χ4n) is 1.06. The molecule has 0 atom stereocenters. The van der Waals surface area contributed by atoms with Gasteiger partial charge in [-0.25, -0.2) is 0 Å². The summed E-state index contributed by atoms with van der Waals surface area (Å²) in [5.41, 5.74) is 7.16. The first-order chi connectivity index (χ1) is 5.34. The van der Waals surface area contributed by atoms with Crippen molar-refractivity contribution in [1.29, 1.82) is 5.26 Å². The zero-order valence-electron chi connectivity index (χ0n) is 7.35. The molecule has 0 unspecified atom stereocenters. The highest BCUT2D eigenvalue weighted by molar-refractivity contribution is 5.27. The van der Waals surface area contributed by atoms with Crippen LogP contribution in [0.3, 0.4) is 0 Å². The van der Waals surface area contributed by atoms with Crippen LogP contribution in [0.2, 0.25) is 0 Å². The topological polar surface area (TPSA) is 49.8 Å². The highest BCUT2D eigenvalue weighted by Gasteiger charge is 2.07. The largest absolute Gasteiger partial charge is 0.401 e. The first-order valence-corrected chi connectivity index (χ1v) is 4.22. The van der Waals surface area contributed by atoms with Gasteiger partial charge in [0.05, 0.1) is 6.07 Å². The molecule has 0 radical (unpaired) electrons. The minimum absolute atomic E-state index is 0.807. The van der Waals surface area contributed by atoms with Crippen molar-refractivity contribution in [2.45, 2.75) is 39.5 Å². The van der Waals surface area contributed by atoms with Crippen LogP contribution in [0.5, 0.6) is 0 Å². The van der Waals surface area contributed by atoms with Crippen LogP contribution in [0.15, 0.2) is 11.3 Å². The molecule has 2 N–H and O–H groups in total. The molecule has 1 aliphatic rings. The van der Waals surface area contributed by atoms with E-state index in [0.29, 0.717) is 0 Å². The number of allylic oxidation sites excluding steroid dienone is 2. The lowest BCUT2D eigenvalue weighted by atomic mass is 9.98. The van der Waals surface area contributed by atoms with Gasteiger partial charge in [0.2, 0.25) is 0 Å². The average Bonchev–Trinajstić information content (AvgIpc) is 2.09. The van der Waals surface area contributed by atoms with Crippen LogP contribution in [-0.2, 0) is 0 Å². The molecule has 0 amide bonds. The van der Waals surface area contributed by atoms with E-state index in [4.69, 9.17) is 11.0 Å². The van der Waals surface area contributed by atoms with E-state index < -0.39 is 0 Å². The van der Waals surface area contributed by atoms with Gasteiger partial charge in [-0.2, -0.15) is 5.26 Å². The average molecular weight is 152 g/mol. The molecule has 0 aromatic rings. The molecule has 0 bridgehead atoms. The van der Waals surface area contributed by atoms with Crippen molar-refractivity contribution in [1.82, 2.24) is 0 Å². The minimum Gasteiger partial charge on any atom is -0.401 e. The monoisotopic (exact) mass is 152 g/mol. The third-order valence-electron chi connectivity index (χ3n) is 1.65. The van der Waals surface area contributed by atoms with Gasteiger partial charge < -0.3 is 5.73 Å². The molecule has 0 spiro atoms. The maximum Gasteiger partial charge on any atom is 0.0965 e. The summed E-state index contributed by atoms with van der Waals surface area (Å²) in [5, 5.41) is 8.47. The van der Waals surface area contributed by atoms with Gasteiger partial charge >= 0.3 is 0 Å². The second kappa shape index (κ2) is 5.79. The summed E-state index contributed by atoms with van der Waals surface area (Å²) in [6, 6.07) is 2.11. The maximum absolute atomic E-state index is 8.47. The molecule has 1 aliphatic carbocycles. The van der Waals surface area contributed by atoms with Crippen LogP contribution in [0.4, 0.5) is 0 Å². The number of nitriles is 1. The molecule has 2 heteroatoms. The fraction of sp³-hybridized carbons (Fsp3) is 0.667. The van der Waals surface area contributed by atoms with Crippen molar-refractivity contribution >= 4 is 0 Å². The third kappa shape index (κ3) is 3.08. The molecular weight excluding hydrogens is 136 g/mol. The van der Waals surface area contributed by atoms with E-state index in [2.05, 4.69) is 6.07 Å². The van der Waals surface area contributed by atoms with Crippen LogP contribution in [0.1, 0.15) is 39.5 Å². The Balaban J connectivity index is 0.000000461. The number of nitrogens with two attached hydrogens (primary N) is 1. The molecule has 0 fully saturated rings. The van der Waals surface area contributed by atoms with E-state index >= 15 is 0 Å². The van der Waals surface area contributed by atoms with Gasteiger partial charge in [-0.05, 0) is 25.7 Å². The molecule has 0 heterocycles. The summed E-state index contributed by atoms with van der Waals surface area (Å²) >= 11 is 0. The van der Waals surface area contributed by atoms with Crippen molar-refractivity contribution in [2.24, 2.45) is 5.73 Å². The zero-order chi connectivity index (χ0) is 8.69. The molecule has 0 aromatic carbocycles. The van der Waals surface area contributed by atoms with Crippen molar-refractivity contribution in [2.75, 3.05) is 0 Å². The first kappa shape index (κ1) is 10.0. The van der Waals surface area contributed by atoms with E-state index in [1.165, 1.54) is 0 Å². The zero-order valence-corrected chi connectivity index (χ0v) is 7.35. The van der Waals surface area contributed by atoms with Crippen LogP contribution in [0, 0.1) is 11.3 Å². The number of hydrogen-bond acceptors (Lipinski definition) is 2. The predicted molar refractivity (Wildman–Crippen MR) is 46.6 cm³/mol. The highest BCUT2D eigenvalue weighted by Crippen LogP contribution is 2.19. The highest BCUT2D eigenvalue weighted by atomic mass is 14.6. The number of nitrogens with zero attached hydrogens (tertiary/aromatic N) is 1. The fourth-order valence-corrected chi connectivity index (χ4v) is 1.06. The maximum atomic E-state index is 8.47. The summed E-state index contributed by atoms with van der Waals surface area (Å²) in [4.78, 5) is 0. The molecule has 0 aromatic heterocycles. The van der Waals surface area contributed by atoms with Crippen molar-refractivity contribution in [3.63, 3.8) is 0 Å². The van der Waals surface area contributed by atoms with Crippen LogP contribution >= 0.6 is 0 Å². The summed E-state index contributed by atoms with van der Waals surface area (Å²) in [7, 11) is 0. The molecular formula is C9H16N2. The van der Waals surface area contributed by atoms with E-state index in [9.17, 15) is 0 Å². The number of rotatable bonds is 0. The molecule has 2 nitrogen and oxygen atoms in total. The Bertz CT molecular complexity index is 174. The smallest absolute Gasteiger partial charge is 0.0965 e. The summed E-state index contributed by atoms with van der Waals surface area (Å²) in [6.45, 7) is 4.00. The molecule has 62 valence electrons. The van der Waals surface area contributed by atoms with Gasteiger partial charge in [0.1, 0.15) is 0 Å². The molecule has 0 saturated carbocycles. The van der Waals surface area contributed by atoms with E-state index in [1.54, 1.807) is 0 Å². The third-order valence-corrected chi connectivity index (χ3v) is 1.65. The van der Waals surface area contributed by atoms with E-state index in [-0.39, 0.29) is 0 Å². The predicted octanol–water partition coefficient (Wildman–Crippen LogP) is 2.32. The normalized spacial score (nSPS) is 16.5. The lowest BCUT2D eigenvalue weighted by molar-refractivity contribution is 0.679. The van der Waals surface area contributed by atoms with E-state index in [1.807, 2.05) is 13.8 Å². The Kier molecular flexibility index (Phi) is 5.28. The van der Waals surface area contributed by atoms with Gasteiger partial charge in [0.25, 0.3) is 0 Å². The van der Waals surface area contributed by atoms with Crippen LogP contribution in [0.25, 0.3) is 0 Å². The van der Waals surface area contributed by atoms with Crippen LogP contribution in [-0.4, -0.2) is 0 Å². The summed E-state index contributed by atoms with van der Waals surface area (Å²) in [6.07, 6.45) is 4.09. The Morgan fingerprint density at radius 1 is 1.27 bits per heavy atom. The summed E-state index contributed by atoms with van der Waals surface area (Å²) < 4.78 is 0. The van der Waals surface area contributed by atoms with Gasteiger partial charge in [0.15, 0.2) is 0 Å². The molecule has 1 rings (SSSR count).